The van der Waals surface area contributed by atoms with Crippen molar-refractivity contribution in [2.24, 2.45) is 0 Å². The van der Waals surface area contributed by atoms with Crippen molar-refractivity contribution in [2.75, 3.05) is 5.32 Å². The second-order valence-electron chi connectivity index (χ2n) is 2.79. The minimum atomic E-state index is -0.858. The number of halogens is 1. The quantitative estimate of drug-likeness (QED) is 0.813. The average Bonchev–Trinajstić information content (AvgIpc) is 2.16. The van der Waals surface area contributed by atoms with E-state index in [1.165, 1.54) is 0 Å². The molecule has 1 heterocycles. The highest BCUT2D eigenvalue weighted by Crippen LogP contribution is 2.19. The fraction of sp³-hybridized carbons (Fsp3) is 0.333. The van der Waals surface area contributed by atoms with Crippen molar-refractivity contribution in [1.82, 2.24) is 4.98 Å². The Kier molecular flexibility index (Phi) is 3.88. The summed E-state index contributed by atoms with van der Waals surface area (Å²) >= 11 is 3.24. The van der Waals surface area contributed by atoms with Crippen molar-refractivity contribution in [3.8, 4) is 0 Å². The van der Waals surface area contributed by atoms with E-state index in [-0.39, 0.29) is 0 Å². The monoisotopic (exact) mass is 258 g/mol. The van der Waals surface area contributed by atoms with Gasteiger partial charge in [0.1, 0.15) is 10.6 Å². The van der Waals surface area contributed by atoms with E-state index in [1.54, 1.807) is 18.3 Å². The van der Waals surface area contributed by atoms with Gasteiger partial charge in [0.2, 0.25) is 0 Å². The molecule has 1 atom stereocenters. The Morgan fingerprint density at radius 3 is 3.00 bits per heavy atom. The maximum atomic E-state index is 10.7. The standard InChI is InChI=1S/C9H11BrN2O2/c1-2-6(9(13)14)12-7-4-3-5-11-8(7)10/h3-6,12H,2H2,1H3,(H,13,14). The average molecular weight is 259 g/mol. The number of hydrogen-bond donors (Lipinski definition) is 2. The molecular weight excluding hydrogens is 248 g/mol. The van der Waals surface area contributed by atoms with Gasteiger partial charge in [-0.3, -0.25) is 0 Å². The maximum absolute atomic E-state index is 10.7. The molecule has 0 aliphatic heterocycles. The summed E-state index contributed by atoms with van der Waals surface area (Å²) in [6.45, 7) is 1.82. The first-order chi connectivity index (χ1) is 6.65. The van der Waals surface area contributed by atoms with Crippen LogP contribution >= 0.6 is 15.9 Å². The molecule has 1 rings (SSSR count). The van der Waals surface area contributed by atoms with Crippen LogP contribution in [0.25, 0.3) is 0 Å². The zero-order valence-corrected chi connectivity index (χ0v) is 9.28. The summed E-state index contributed by atoms with van der Waals surface area (Å²) in [5, 5.41) is 11.7. The molecule has 0 spiro atoms. The van der Waals surface area contributed by atoms with Crippen molar-refractivity contribution >= 4 is 27.6 Å². The van der Waals surface area contributed by atoms with E-state index in [2.05, 4.69) is 26.2 Å². The van der Waals surface area contributed by atoms with Gasteiger partial charge in [0.05, 0.1) is 5.69 Å². The molecule has 0 fully saturated rings. The molecule has 14 heavy (non-hydrogen) atoms. The zero-order chi connectivity index (χ0) is 10.6. The first-order valence-corrected chi connectivity index (χ1v) is 5.04. The fourth-order valence-electron chi connectivity index (χ4n) is 1.02. The van der Waals surface area contributed by atoms with Crippen LogP contribution < -0.4 is 5.32 Å². The lowest BCUT2D eigenvalue weighted by Gasteiger charge is -2.13. The first kappa shape index (κ1) is 11.0. The molecule has 0 amide bonds. The van der Waals surface area contributed by atoms with Crippen LogP contribution in [-0.4, -0.2) is 22.1 Å². The minimum absolute atomic E-state index is 0.524. The van der Waals surface area contributed by atoms with Crippen LogP contribution in [0.15, 0.2) is 22.9 Å². The largest absolute Gasteiger partial charge is 0.480 e. The van der Waals surface area contributed by atoms with E-state index in [1.807, 2.05) is 6.92 Å². The third-order valence-corrected chi connectivity index (χ3v) is 2.43. The van der Waals surface area contributed by atoms with Gasteiger partial charge in [-0.05, 0) is 34.5 Å². The minimum Gasteiger partial charge on any atom is -0.480 e. The Balaban J connectivity index is 2.77. The SMILES string of the molecule is CCC(Nc1cccnc1Br)C(=O)O. The predicted octanol–water partition coefficient (Wildman–Crippen LogP) is 2.12. The number of aliphatic carboxylic acids is 1. The molecule has 1 aromatic heterocycles. The summed E-state index contributed by atoms with van der Waals surface area (Å²) in [4.78, 5) is 14.7. The van der Waals surface area contributed by atoms with Crippen molar-refractivity contribution in [2.45, 2.75) is 19.4 Å². The highest BCUT2D eigenvalue weighted by molar-refractivity contribution is 9.10. The Morgan fingerprint density at radius 2 is 2.50 bits per heavy atom. The van der Waals surface area contributed by atoms with Crippen LogP contribution in [0.5, 0.6) is 0 Å². The van der Waals surface area contributed by atoms with Crippen molar-refractivity contribution < 1.29 is 9.90 Å². The summed E-state index contributed by atoms with van der Waals surface area (Å²) in [6, 6.07) is 2.96. The Labute approximate surface area is 90.5 Å². The summed E-state index contributed by atoms with van der Waals surface area (Å²) in [7, 11) is 0. The first-order valence-electron chi connectivity index (χ1n) is 4.25. The third-order valence-electron chi connectivity index (χ3n) is 1.80. The predicted molar refractivity (Wildman–Crippen MR) is 57.3 cm³/mol. The zero-order valence-electron chi connectivity index (χ0n) is 7.70. The normalized spacial score (nSPS) is 12.1. The van der Waals surface area contributed by atoms with Crippen LogP contribution in [-0.2, 0) is 4.79 Å². The second-order valence-corrected chi connectivity index (χ2v) is 3.54. The van der Waals surface area contributed by atoms with Gasteiger partial charge in [0.25, 0.3) is 0 Å². The lowest BCUT2D eigenvalue weighted by Crippen LogP contribution is -2.28. The van der Waals surface area contributed by atoms with Crippen LogP contribution in [0, 0.1) is 0 Å². The maximum Gasteiger partial charge on any atom is 0.326 e. The molecule has 0 saturated heterocycles. The number of rotatable bonds is 4. The topological polar surface area (TPSA) is 62.2 Å². The molecule has 1 unspecified atom stereocenters. The van der Waals surface area contributed by atoms with Gasteiger partial charge in [-0.15, -0.1) is 0 Å². The number of nitrogens with zero attached hydrogens (tertiary/aromatic N) is 1. The van der Waals surface area contributed by atoms with E-state index in [0.717, 1.165) is 0 Å². The third kappa shape index (κ3) is 2.70. The summed E-state index contributed by atoms with van der Waals surface area (Å²) < 4.78 is 0.625. The van der Waals surface area contributed by atoms with Gasteiger partial charge in [0, 0.05) is 6.20 Å². The molecule has 2 N–H and O–H groups in total. The van der Waals surface area contributed by atoms with Crippen molar-refractivity contribution in [3.05, 3.63) is 22.9 Å². The number of nitrogens with one attached hydrogen (secondary N) is 1. The Hall–Kier alpha value is -1.10. The van der Waals surface area contributed by atoms with E-state index >= 15 is 0 Å². The summed E-state index contributed by atoms with van der Waals surface area (Å²) in [5.74, 6) is -0.858. The van der Waals surface area contributed by atoms with Gasteiger partial charge < -0.3 is 10.4 Å². The fourth-order valence-corrected chi connectivity index (χ4v) is 1.38. The molecule has 4 nitrogen and oxygen atoms in total. The van der Waals surface area contributed by atoms with Gasteiger partial charge in [-0.25, -0.2) is 9.78 Å². The van der Waals surface area contributed by atoms with E-state index in [4.69, 9.17) is 5.11 Å². The van der Waals surface area contributed by atoms with Gasteiger partial charge in [-0.1, -0.05) is 6.92 Å². The summed E-state index contributed by atoms with van der Waals surface area (Å²) in [6.07, 6.45) is 2.16. The number of hydrogen-bond acceptors (Lipinski definition) is 3. The number of carboxylic acids is 1. The van der Waals surface area contributed by atoms with Crippen LogP contribution in [0.3, 0.4) is 0 Å². The highest BCUT2D eigenvalue weighted by atomic mass is 79.9. The molecule has 1 aromatic rings. The molecule has 0 radical (unpaired) electrons. The van der Waals surface area contributed by atoms with Crippen molar-refractivity contribution in [3.63, 3.8) is 0 Å². The van der Waals surface area contributed by atoms with Crippen LogP contribution in [0.2, 0.25) is 0 Å². The Morgan fingerprint density at radius 1 is 1.79 bits per heavy atom. The van der Waals surface area contributed by atoms with E-state index < -0.39 is 12.0 Å². The molecule has 0 aliphatic rings. The smallest absolute Gasteiger partial charge is 0.326 e. The van der Waals surface area contributed by atoms with E-state index in [0.29, 0.717) is 16.7 Å². The molecule has 0 aromatic carbocycles. The lowest BCUT2D eigenvalue weighted by molar-refractivity contribution is -0.137. The molecule has 0 aliphatic carbocycles. The van der Waals surface area contributed by atoms with Gasteiger partial charge in [-0.2, -0.15) is 0 Å². The molecule has 5 heteroatoms. The number of anilines is 1. The molecule has 0 bridgehead atoms. The Bertz CT molecular complexity index is 330. The summed E-state index contributed by atoms with van der Waals surface area (Å²) in [5.41, 5.74) is 0.696. The number of carbonyl (C=O) groups is 1. The second kappa shape index (κ2) is 4.95. The number of carboxylic acid groups (broad SMARTS) is 1. The number of pyridine rings is 1. The number of aromatic nitrogens is 1. The van der Waals surface area contributed by atoms with Crippen LogP contribution in [0.1, 0.15) is 13.3 Å². The van der Waals surface area contributed by atoms with Gasteiger partial charge >= 0.3 is 5.97 Å². The van der Waals surface area contributed by atoms with Crippen molar-refractivity contribution in [1.29, 1.82) is 0 Å². The lowest BCUT2D eigenvalue weighted by atomic mass is 10.2. The van der Waals surface area contributed by atoms with Crippen LogP contribution in [0.4, 0.5) is 5.69 Å². The van der Waals surface area contributed by atoms with E-state index in [9.17, 15) is 4.79 Å². The van der Waals surface area contributed by atoms with Gasteiger partial charge in [0.15, 0.2) is 0 Å². The highest BCUT2D eigenvalue weighted by Gasteiger charge is 2.15. The molecule has 0 saturated carbocycles. The molecule has 76 valence electrons. The molecular formula is C9H11BrN2O2.